The number of nitrogens with zero attached hydrogens (tertiary/aromatic N) is 2. The van der Waals surface area contributed by atoms with Crippen LogP contribution < -0.4 is 0 Å². The highest BCUT2D eigenvalue weighted by Crippen LogP contribution is 2.10. The molecule has 0 spiro atoms. The summed E-state index contributed by atoms with van der Waals surface area (Å²) in [6.07, 6.45) is 0.509. The predicted molar refractivity (Wildman–Crippen MR) is 69.7 cm³/mol. The first kappa shape index (κ1) is 18.3. The molecule has 6 heteroatoms. The fraction of sp³-hybridized carbons (Fsp3) is 0.900. The van der Waals surface area contributed by atoms with Crippen molar-refractivity contribution in [2.75, 3.05) is 40.3 Å². The van der Waals surface area contributed by atoms with Gasteiger partial charge in [0.05, 0.1) is 13.0 Å². The highest BCUT2D eigenvalue weighted by Gasteiger charge is 2.24. The maximum absolute atomic E-state index is 11.3. The minimum absolute atomic E-state index is 0. The Morgan fingerprint density at radius 2 is 1.94 bits per heavy atom. The normalized spacial score (nSPS) is 21.8. The summed E-state index contributed by atoms with van der Waals surface area (Å²) >= 11 is 0. The van der Waals surface area contributed by atoms with Crippen molar-refractivity contribution in [1.82, 2.24) is 9.80 Å². The van der Waals surface area contributed by atoms with Crippen LogP contribution in [0.3, 0.4) is 0 Å². The van der Waals surface area contributed by atoms with Gasteiger partial charge in [0.15, 0.2) is 0 Å². The molecule has 0 amide bonds. The molecule has 0 saturated carbocycles. The molecule has 1 fully saturated rings. The van der Waals surface area contributed by atoms with E-state index in [9.17, 15) is 4.79 Å². The van der Waals surface area contributed by atoms with E-state index in [4.69, 9.17) is 4.74 Å². The van der Waals surface area contributed by atoms with Crippen LogP contribution in [0, 0.1) is 0 Å². The topological polar surface area (TPSA) is 32.8 Å². The summed E-state index contributed by atoms with van der Waals surface area (Å²) < 4.78 is 4.94. The Hall–Kier alpha value is -0.0300. The van der Waals surface area contributed by atoms with Crippen molar-refractivity contribution >= 4 is 30.8 Å². The maximum atomic E-state index is 11.3. The summed E-state index contributed by atoms with van der Waals surface area (Å²) in [6, 6.07) is 0.313. The Balaban J connectivity index is 0. The van der Waals surface area contributed by atoms with Crippen molar-refractivity contribution in [2.45, 2.75) is 19.4 Å². The van der Waals surface area contributed by atoms with Crippen LogP contribution in [0.2, 0.25) is 0 Å². The lowest BCUT2D eigenvalue weighted by molar-refractivity contribution is -0.144. The van der Waals surface area contributed by atoms with Gasteiger partial charge in [-0.2, -0.15) is 0 Å². The average Bonchev–Trinajstić information content (AvgIpc) is 2.12. The molecule has 0 bridgehead atoms. The molecule has 1 unspecified atom stereocenters. The van der Waals surface area contributed by atoms with E-state index in [0.717, 1.165) is 19.6 Å². The van der Waals surface area contributed by atoms with Crippen molar-refractivity contribution in [2.24, 2.45) is 0 Å². The molecule has 4 nitrogen and oxygen atoms in total. The van der Waals surface area contributed by atoms with Crippen LogP contribution in [0.15, 0.2) is 0 Å². The van der Waals surface area contributed by atoms with E-state index < -0.39 is 0 Å². The summed E-state index contributed by atoms with van der Waals surface area (Å²) in [5.41, 5.74) is 0. The third-order valence-corrected chi connectivity index (χ3v) is 2.69. The van der Waals surface area contributed by atoms with Gasteiger partial charge in [-0.1, -0.05) is 0 Å². The summed E-state index contributed by atoms with van der Waals surface area (Å²) in [4.78, 5) is 15.8. The average molecular weight is 273 g/mol. The van der Waals surface area contributed by atoms with Gasteiger partial charge in [-0.3, -0.25) is 4.79 Å². The van der Waals surface area contributed by atoms with Gasteiger partial charge in [0, 0.05) is 25.7 Å². The van der Waals surface area contributed by atoms with Crippen LogP contribution in [0.25, 0.3) is 0 Å². The standard InChI is InChI=1S/C10H20N2O2.2ClH/c1-4-14-10(13)7-9-8-11(2)5-6-12(9)3;;/h9H,4-8H2,1-3H3;2*1H. The smallest absolute Gasteiger partial charge is 0.307 e. The molecule has 98 valence electrons. The van der Waals surface area contributed by atoms with E-state index in [1.54, 1.807) is 0 Å². The predicted octanol–water partition coefficient (Wildman–Crippen LogP) is 1.03. The lowest BCUT2D eigenvalue weighted by atomic mass is 10.1. The fourth-order valence-electron chi connectivity index (χ4n) is 1.73. The molecule has 1 aliphatic heterocycles. The highest BCUT2D eigenvalue weighted by atomic mass is 35.5. The van der Waals surface area contributed by atoms with Gasteiger partial charge in [-0.15, -0.1) is 24.8 Å². The van der Waals surface area contributed by atoms with Crippen molar-refractivity contribution in [1.29, 1.82) is 0 Å². The van der Waals surface area contributed by atoms with Crippen molar-refractivity contribution in [3.8, 4) is 0 Å². The minimum Gasteiger partial charge on any atom is -0.466 e. The summed E-state index contributed by atoms with van der Waals surface area (Å²) in [5, 5.41) is 0. The van der Waals surface area contributed by atoms with E-state index >= 15 is 0 Å². The van der Waals surface area contributed by atoms with Crippen LogP contribution in [0.4, 0.5) is 0 Å². The number of esters is 1. The molecule has 0 aromatic carbocycles. The summed E-state index contributed by atoms with van der Waals surface area (Å²) in [7, 11) is 4.15. The van der Waals surface area contributed by atoms with Crippen molar-refractivity contribution in [3.05, 3.63) is 0 Å². The minimum atomic E-state index is -0.0837. The molecule has 0 aliphatic carbocycles. The Morgan fingerprint density at radius 3 is 2.50 bits per heavy atom. The Kier molecular flexibility index (Phi) is 10.4. The van der Waals surface area contributed by atoms with Crippen LogP contribution >= 0.6 is 24.8 Å². The molecular formula is C10H22Cl2N2O2. The summed E-state index contributed by atoms with van der Waals surface area (Å²) in [5.74, 6) is -0.0837. The number of carbonyl (C=O) groups excluding carboxylic acids is 1. The zero-order valence-electron chi connectivity index (χ0n) is 10.1. The molecule has 0 aromatic rings. The SMILES string of the molecule is CCOC(=O)CC1CN(C)CCN1C.Cl.Cl. The molecule has 0 radical (unpaired) electrons. The first-order valence-corrected chi connectivity index (χ1v) is 5.18. The molecular weight excluding hydrogens is 251 g/mol. The van der Waals surface area contributed by atoms with Crippen LogP contribution in [0.5, 0.6) is 0 Å². The number of ether oxygens (including phenoxy) is 1. The summed E-state index contributed by atoms with van der Waals surface area (Å²) in [6.45, 7) is 5.38. The fourth-order valence-corrected chi connectivity index (χ4v) is 1.73. The van der Waals surface area contributed by atoms with Crippen LogP contribution in [0.1, 0.15) is 13.3 Å². The van der Waals surface area contributed by atoms with Gasteiger partial charge >= 0.3 is 5.97 Å². The van der Waals surface area contributed by atoms with E-state index in [1.807, 2.05) is 6.92 Å². The Bertz CT molecular complexity index is 205. The first-order chi connectivity index (χ1) is 6.63. The van der Waals surface area contributed by atoms with Gasteiger partial charge in [0.2, 0.25) is 0 Å². The third kappa shape index (κ3) is 5.89. The molecule has 0 N–H and O–H groups in total. The largest absolute Gasteiger partial charge is 0.466 e. The van der Waals surface area contributed by atoms with Gasteiger partial charge in [0.25, 0.3) is 0 Å². The number of halogens is 2. The van der Waals surface area contributed by atoms with E-state index in [2.05, 4.69) is 23.9 Å². The van der Waals surface area contributed by atoms with Gasteiger partial charge in [-0.05, 0) is 21.0 Å². The number of hydrogen-bond acceptors (Lipinski definition) is 4. The van der Waals surface area contributed by atoms with Crippen molar-refractivity contribution < 1.29 is 9.53 Å². The lowest BCUT2D eigenvalue weighted by Crippen LogP contribution is -2.50. The van der Waals surface area contributed by atoms with Gasteiger partial charge < -0.3 is 14.5 Å². The number of likely N-dealkylation sites (N-methyl/N-ethyl adjacent to an activating group) is 2. The number of rotatable bonds is 3. The monoisotopic (exact) mass is 272 g/mol. The molecule has 1 atom stereocenters. The van der Waals surface area contributed by atoms with E-state index in [1.165, 1.54) is 0 Å². The van der Waals surface area contributed by atoms with E-state index in [-0.39, 0.29) is 30.8 Å². The second kappa shape index (κ2) is 9.05. The number of carbonyl (C=O) groups is 1. The molecule has 1 heterocycles. The molecule has 0 aromatic heterocycles. The van der Waals surface area contributed by atoms with Gasteiger partial charge in [-0.25, -0.2) is 0 Å². The van der Waals surface area contributed by atoms with Crippen LogP contribution in [-0.4, -0.2) is 62.1 Å². The van der Waals surface area contributed by atoms with E-state index in [0.29, 0.717) is 19.1 Å². The zero-order valence-corrected chi connectivity index (χ0v) is 11.8. The number of piperazine rings is 1. The molecule has 1 rings (SSSR count). The lowest BCUT2D eigenvalue weighted by Gasteiger charge is -2.37. The molecule has 1 aliphatic rings. The molecule has 16 heavy (non-hydrogen) atoms. The maximum Gasteiger partial charge on any atom is 0.307 e. The van der Waals surface area contributed by atoms with Crippen molar-refractivity contribution in [3.63, 3.8) is 0 Å². The van der Waals surface area contributed by atoms with Crippen LogP contribution in [-0.2, 0) is 9.53 Å². The van der Waals surface area contributed by atoms with Gasteiger partial charge in [0.1, 0.15) is 0 Å². The Morgan fingerprint density at radius 1 is 1.31 bits per heavy atom. The second-order valence-electron chi connectivity index (χ2n) is 3.91. The highest BCUT2D eigenvalue weighted by molar-refractivity contribution is 5.85. The quantitative estimate of drug-likeness (QED) is 0.719. The second-order valence-corrected chi connectivity index (χ2v) is 3.91. The Labute approximate surface area is 110 Å². The molecule has 1 saturated heterocycles. The third-order valence-electron chi connectivity index (χ3n) is 2.69. The number of hydrogen-bond donors (Lipinski definition) is 0. The zero-order chi connectivity index (χ0) is 10.6. The first-order valence-electron chi connectivity index (χ1n) is 5.18.